The van der Waals surface area contributed by atoms with Crippen molar-refractivity contribution in [1.82, 2.24) is 25.4 Å². The van der Waals surface area contributed by atoms with Gasteiger partial charge in [-0.1, -0.05) is 38.1 Å². The largest absolute Gasteiger partial charge is 0.379 e. The number of nitrogens with one attached hydrogen (secondary N) is 3. The second-order valence-corrected chi connectivity index (χ2v) is 7.49. The third-order valence-electron chi connectivity index (χ3n) is 4.98. The van der Waals surface area contributed by atoms with Crippen LogP contribution in [0.2, 0.25) is 0 Å². The first kappa shape index (κ1) is 19.3. The fourth-order valence-corrected chi connectivity index (χ4v) is 3.38. The Labute approximate surface area is 158 Å². The summed E-state index contributed by atoms with van der Waals surface area (Å²) in [6.07, 6.45) is 1.16. The molecule has 1 saturated heterocycles. The van der Waals surface area contributed by atoms with Gasteiger partial charge in [-0.15, -0.1) is 0 Å². The molecule has 1 fully saturated rings. The van der Waals surface area contributed by atoms with Crippen molar-refractivity contribution in [2.45, 2.75) is 51.3 Å². The third-order valence-corrected chi connectivity index (χ3v) is 4.98. The Hall–Kier alpha value is -2.45. The molecule has 2 aromatic rings. The van der Waals surface area contributed by atoms with Gasteiger partial charge in [0.1, 0.15) is 5.82 Å². The summed E-state index contributed by atoms with van der Waals surface area (Å²) in [4.78, 5) is 28.1. The van der Waals surface area contributed by atoms with Crippen LogP contribution >= 0.6 is 0 Å². The van der Waals surface area contributed by atoms with Crippen LogP contribution in [0.3, 0.4) is 0 Å². The number of H-pyrrole nitrogens is 2. The molecule has 1 aliphatic heterocycles. The zero-order valence-electron chi connectivity index (χ0n) is 15.8. The number of benzene rings is 1. The van der Waals surface area contributed by atoms with Crippen LogP contribution in [-0.4, -0.2) is 49.8 Å². The van der Waals surface area contributed by atoms with Crippen LogP contribution < -0.4 is 11.0 Å². The van der Waals surface area contributed by atoms with E-state index in [4.69, 9.17) is 0 Å². The number of amides is 1. The number of hydrogen-bond acceptors (Lipinski definition) is 5. The molecule has 1 unspecified atom stereocenters. The fraction of sp³-hybridized carbons (Fsp3) is 0.526. The van der Waals surface area contributed by atoms with E-state index in [0.717, 1.165) is 12.0 Å². The minimum Gasteiger partial charge on any atom is -0.379 e. The van der Waals surface area contributed by atoms with Gasteiger partial charge in [0, 0.05) is 19.6 Å². The van der Waals surface area contributed by atoms with Crippen molar-refractivity contribution < 1.29 is 9.90 Å². The lowest BCUT2D eigenvalue weighted by Gasteiger charge is -2.38. The zero-order chi connectivity index (χ0) is 19.4. The van der Waals surface area contributed by atoms with Crippen molar-refractivity contribution >= 4 is 5.91 Å². The molecule has 8 nitrogen and oxygen atoms in total. The summed E-state index contributed by atoms with van der Waals surface area (Å²) in [7, 11) is 0. The van der Waals surface area contributed by atoms with Crippen molar-refractivity contribution in [3.8, 4) is 0 Å². The van der Waals surface area contributed by atoms with Crippen molar-refractivity contribution in [3.63, 3.8) is 0 Å². The van der Waals surface area contributed by atoms with E-state index in [-0.39, 0.29) is 24.7 Å². The predicted molar refractivity (Wildman–Crippen MR) is 101 cm³/mol. The molecule has 2 heterocycles. The molecule has 0 radical (unpaired) electrons. The minimum atomic E-state index is -1.44. The topological polar surface area (TPSA) is 114 Å². The predicted octanol–water partition coefficient (Wildman–Crippen LogP) is 0.865. The Bertz CT molecular complexity index is 826. The van der Waals surface area contributed by atoms with Crippen LogP contribution in [0.15, 0.2) is 29.1 Å². The van der Waals surface area contributed by atoms with Crippen LogP contribution in [0.25, 0.3) is 0 Å². The maximum absolute atomic E-state index is 12.8. The average Bonchev–Trinajstić information content (AvgIpc) is 3.05. The molecule has 27 heavy (non-hydrogen) atoms. The molecule has 1 aromatic carbocycles. The van der Waals surface area contributed by atoms with E-state index < -0.39 is 5.60 Å². The Morgan fingerprint density at radius 1 is 1.30 bits per heavy atom. The van der Waals surface area contributed by atoms with Gasteiger partial charge in [-0.25, -0.2) is 9.89 Å². The second kappa shape index (κ2) is 8.06. The Balaban J connectivity index is 1.59. The molecule has 0 saturated carbocycles. The van der Waals surface area contributed by atoms with Crippen LogP contribution in [0.5, 0.6) is 0 Å². The van der Waals surface area contributed by atoms with Gasteiger partial charge >= 0.3 is 5.69 Å². The van der Waals surface area contributed by atoms with Gasteiger partial charge in [0.2, 0.25) is 0 Å². The van der Waals surface area contributed by atoms with Gasteiger partial charge in [-0.05, 0) is 29.9 Å². The Morgan fingerprint density at radius 2 is 2.04 bits per heavy atom. The summed E-state index contributed by atoms with van der Waals surface area (Å²) in [5.41, 5.74) is 0.501. The van der Waals surface area contributed by atoms with Crippen LogP contribution in [0, 0.1) is 0 Å². The molecular weight excluding hydrogens is 346 g/mol. The molecule has 8 heteroatoms. The number of nitrogens with zero attached hydrogens (tertiary/aromatic N) is 2. The molecule has 1 aromatic heterocycles. The third kappa shape index (κ3) is 4.64. The fourth-order valence-electron chi connectivity index (χ4n) is 3.38. The minimum absolute atomic E-state index is 0.115. The number of carbonyl (C=O) groups excluding carboxylic acids is 1. The number of aromatic nitrogens is 3. The van der Waals surface area contributed by atoms with E-state index in [1.54, 1.807) is 4.90 Å². The molecule has 1 atom stereocenters. The normalized spacial score (nSPS) is 20.4. The van der Waals surface area contributed by atoms with Gasteiger partial charge in [-0.3, -0.25) is 9.78 Å². The van der Waals surface area contributed by atoms with E-state index in [0.29, 0.717) is 31.3 Å². The number of likely N-dealkylation sites (tertiary alicyclic amines) is 1. The highest BCUT2D eigenvalue weighted by molar-refractivity contribution is 5.86. The molecule has 0 aliphatic carbocycles. The standard InChI is InChI=1S/C19H27N5O3/c1-13(2)15-6-4-14(5-7-15)11-24-9-3-8-19(27,17(24)25)12-20-10-16-21-18(26)23-22-16/h4-7,13,20,27H,3,8-12H2,1-2H3,(H2,21,22,23,26). The van der Waals surface area contributed by atoms with Crippen molar-refractivity contribution in [1.29, 1.82) is 0 Å². The van der Waals surface area contributed by atoms with Gasteiger partial charge in [0.15, 0.2) is 5.60 Å². The number of aliphatic hydroxyl groups is 1. The van der Waals surface area contributed by atoms with Gasteiger partial charge in [0.25, 0.3) is 5.91 Å². The zero-order valence-corrected chi connectivity index (χ0v) is 15.8. The lowest BCUT2D eigenvalue weighted by atomic mass is 9.91. The molecule has 0 spiro atoms. The maximum atomic E-state index is 12.8. The summed E-state index contributed by atoms with van der Waals surface area (Å²) >= 11 is 0. The van der Waals surface area contributed by atoms with E-state index in [1.807, 2.05) is 12.1 Å². The maximum Gasteiger partial charge on any atom is 0.340 e. The Kier molecular flexibility index (Phi) is 5.76. The number of piperidine rings is 1. The quantitative estimate of drug-likeness (QED) is 0.575. The number of carbonyl (C=O) groups is 1. The van der Waals surface area contributed by atoms with E-state index >= 15 is 0 Å². The Morgan fingerprint density at radius 3 is 2.67 bits per heavy atom. The van der Waals surface area contributed by atoms with Gasteiger partial charge in [0.05, 0.1) is 6.54 Å². The lowest BCUT2D eigenvalue weighted by Crippen LogP contribution is -2.57. The number of hydrogen-bond donors (Lipinski definition) is 4. The van der Waals surface area contributed by atoms with Crippen molar-refractivity contribution in [3.05, 3.63) is 51.7 Å². The molecule has 0 bridgehead atoms. The highest BCUT2D eigenvalue weighted by Crippen LogP contribution is 2.24. The summed E-state index contributed by atoms with van der Waals surface area (Å²) in [5, 5.41) is 19.9. The van der Waals surface area contributed by atoms with Crippen LogP contribution in [0.1, 0.15) is 49.6 Å². The number of rotatable bonds is 7. The van der Waals surface area contributed by atoms with Crippen LogP contribution in [0.4, 0.5) is 0 Å². The van der Waals surface area contributed by atoms with E-state index in [1.165, 1.54) is 5.56 Å². The molecule has 1 amide bonds. The average molecular weight is 373 g/mol. The smallest absolute Gasteiger partial charge is 0.340 e. The van der Waals surface area contributed by atoms with Gasteiger partial charge < -0.3 is 15.3 Å². The molecule has 1 aliphatic rings. The van der Waals surface area contributed by atoms with Crippen LogP contribution in [-0.2, 0) is 17.9 Å². The summed E-state index contributed by atoms with van der Waals surface area (Å²) in [6.45, 7) is 5.81. The first-order chi connectivity index (χ1) is 12.9. The molecular formula is C19H27N5O3. The van der Waals surface area contributed by atoms with Gasteiger partial charge in [-0.2, -0.15) is 5.10 Å². The summed E-state index contributed by atoms with van der Waals surface area (Å²) in [5.74, 6) is 0.648. The lowest BCUT2D eigenvalue weighted by molar-refractivity contribution is -0.157. The van der Waals surface area contributed by atoms with Crippen molar-refractivity contribution in [2.24, 2.45) is 0 Å². The first-order valence-corrected chi connectivity index (χ1v) is 9.32. The number of aromatic amines is 2. The SMILES string of the molecule is CC(C)c1ccc(CN2CCCC(O)(CNCc3n[nH]c(=O)[nH]3)C2=O)cc1. The first-order valence-electron chi connectivity index (χ1n) is 9.32. The van der Waals surface area contributed by atoms with E-state index in [9.17, 15) is 14.7 Å². The van der Waals surface area contributed by atoms with E-state index in [2.05, 4.69) is 46.5 Å². The molecule has 146 valence electrons. The monoisotopic (exact) mass is 373 g/mol. The van der Waals surface area contributed by atoms with Crippen molar-refractivity contribution in [2.75, 3.05) is 13.1 Å². The molecule has 3 rings (SSSR count). The second-order valence-electron chi connectivity index (χ2n) is 7.49. The highest BCUT2D eigenvalue weighted by Gasteiger charge is 2.41. The molecule has 4 N–H and O–H groups in total. The highest BCUT2D eigenvalue weighted by atomic mass is 16.3. The summed E-state index contributed by atoms with van der Waals surface area (Å²) in [6, 6.07) is 8.27. The summed E-state index contributed by atoms with van der Waals surface area (Å²) < 4.78 is 0.